The number of halogens is 1. The minimum atomic E-state index is -0.218. The Morgan fingerprint density at radius 2 is 2.22 bits per heavy atom. The molecule has 2 aromatic rings. The average molecular weight is 246 g/mol. The van der Waals surface area contributed by atoms with Crippen LogP contribution in [-0.2, 0) is 6.54 Å². The van der Waals surface area contributed by atoms with Gasteiger partial charge in [-0.05, 0) is 23.8 Å². The molecule has 0 amide bonds. The Morgan fingerprint density at radius 3 is 3.00 bits per heavy atom. The molecule has 1 aromatic heterocycles. The zero-order valence-electron chi connectivity index (χ0n) is 10.0. The molecule has 1 aliphatic rings. The third kappa shape index (κ3) is 2.09. The highest BCUT2D eigenvalue weighted by Crippen LogP contribution is 2.23. The summed E-state index contributed by atoms with van der Waals surface area (Å²) in [5.41, 5.74) is 1.79. The van der Waals surface area contributed by atoms with Gasteiger partial charge in [0.1, 0.15) is 5.82 Å². The molecule has 0 aliphatic carbocycles. The molecule has 94 valence electrons. The van der Waals surface area contributed by atoms with Crippen LogP contribution in [0, 0.1) is 11.7 Å². The molecule has 4 heteroatoms. The second-order valence-electron chi connectivity index (χ2n) is 4.88. The smallest absolute Gasteiger partial charge is 0.124 e. The Bertz CT molecular complexity index is 567. The third-order valence-corrected chi connectivity index (χ3v) is 3.43. The molecule has 0 radical (unpaired) electrons. The first kappa shape index (κ1) is 11.6. The van der Waals surface area contributed by atoms with Crippen LogP contribution in [0.3, 0.4) is 0 Å². The fraction of sp³-hybridized carbons (Fsp3) is 0.357. The first-order valence-corrected chi connectivity index (χ1v) is 6.12. The van der Waals surface area contributed by atoms with E-state index in [0.717, 1.165) is 29.6 Å². The van der Waals surface area contributed by atoms with Crippen LogP contribution < -0.4 is 0 Å². The molecule has 1 aromatic carbocycles. The first-order chi connectivity index (χ1) is 8.76. The van der Waals surface area contributed by atoms with Gasteiger partial charge in [0.25, 0.3) is 0 Å². The highest BCUT2D eigenvalue weighted by Gasteiger charge is 2.26. The summed E-state index contributed by atoms with van der Waals surface area (Å²) in [6.07, 6.45) is 1.73. The van der Waals surface area contributed by atoms with Gasteiger partial charge in [0.15, 0.2) is 0 Å². The second kappa shape index (κ2) is 4.63. The fourth-order valence-electron chi connectivity index (χ4n) is 2.51. The van der Waals surface area contributed by atoms with Gasteiger partial charge in [-0.25, -0.2) is 4.39 Å². The zero-order valence-corrected chi connectivity index (χ0v) is 10.0. The van der Waals surface area contributed by atoms with Crippen molar-refractivity contribution in [3.8, 4) is 0 Å². The Hall–Kier alpha value is -1.52. The summed E-state index contributed by atoms with van der Waals surface area (Å²) >= 11 is 0. The molecule has 1 aliphatic heterocycles. The number of aliphatic hydroxyl groups is 1. The molecule has 0 unspecified atom stereocenters. The molecule has 1 saturated heterocycles. The van der Waals surface area contributed by atoms with Crippen LogP contribution in [-0.4, -0.2) is 34.7 Å². The highest BCUT2D eigenvalue weighted by atomic mass is 19.1. The predicted molar refractivity (Wildman–Crippen MR) is 67.6 cm³/mol. The van der Waals surface area contributed by atoms with Gasteiger partial charge in [-0.2, -0.15) is 0 Å². The van der Waals surface area contributed by atoms with E-state index in [1.54, 1.807) is 12.3 Å². The van der Waals surface area contributed by atoms with Crippen LogP contribution in [0.2, 0.25) is 0 Å². The summed E-state index contributed by atoms with van der Waals surface area (Å²) in [5, 5.41) is 9.83. The van der Waals surface area contributed by atoms with Crippen molar-refractivity contribution in [3.05, 3.63) is 41.8 Å². The number of rotatable bonds is 3. The quantitative estimate of drug-likeness (QED) is 0.897. The lowest BCUT2D eigenvalue weighted by Crippen LogP contribution is -2.47. The zero-order chi connectivity index (χ0) is 12.5. The van der Waals surface area contributed by atoms with Gasteiger partial charge >= 0.3 is 0 Å². The molecule has 0 spiro atoms. The second-order valence-corrected chi connectivity index (χ2v) is 4.88. The number of hydrogen-bond acceptors (Lipinski definition) is 3. The average Bonchev–Trinajstić information content (AvgIpc) is 2.32. The summed E-state index contributed by atoms with van der Waals surface area (Å²) in [6.45, 7) is 2.68. The van der Waals surface area contributed by atoms with Crippen molar-refractivity contribution >= 4 is 10.9 Å². The minimum absolute atomic E-state index is 0.218. The van der Waals surface area contributed by atoms with Gasteiger partial charge in [-0.1, -0.05) is 6.07 Å². The van der Waals surface area contributed by atoms with E-state index in [1.165, 1.54) is 6.07 Å². The SMILES string of the molecule is OCC1CN(Cc2cc(F)cc3cccnc23)C1. The minimum Gasteiger partial charge on any atom is -0.396 e. The molecular formula is C14H15FN2O. The van der Waals surface area contributed by atoms with E-state index < -0.39 is 0 Å². The van der Waals surface area contributed by atoms with E-state index in [2.05, 4.69) is 9.88 Å². The maximum absolute atomic E-state index is 13.5. The van der Waals surface area contributed by atoms with Gasteiger partial charge in [0.2, 0.25) is 0 Å². The van der Waals surface area contributed by atoms with Crippen molar-refractivity contribution in [2.45, 2.75) is 6.54 Å². The summed E-state index contributed by atoms with van der Waals surface area (Å²) in [4.78, 5) is 6.53. The van der Waals surface area contributed by atoms with E-state index in [1.807, 2.05) is 12.1 Å². The van der Waals surface area contributed by atoms with Crippen molar-refractivity contribution in [2.75, 3.05) is 19.7 Å². The molecule has 3 nitrogen and oxygen atoms in total. The monoisotopic (exact) mass is 246 g/mol. The number of hydrogen-bond donors (Lipinski definition) is 1. The Labute approximate surface area is 105 Å². The number of nitrogens with zero attached hydrogens (tertiary/aromatic N) is 2. The molecule has 3 rings (SSSR count). The summed E-state index contributed by atoms with van der Waals surface area (Å²) in [6, 6.07) is 6.76. The number of aromatic nitrogens is 1. The number of fused-ring (bicyclic) bond motifs is 1. The van der Waals surface area contributed by atoms with Crippen molar-refractivity contribution in [1.82, 2.24) is 9.88 Å². The van der Waals surface area contributed by atoms with Crippen molar-refractivity contribution in [2.24, 2.45) is 5.92 Å². The Kier molecular flexibility index (Phi) is 2.97. The summed E-state index contributed by atoms with van der Waals surface area (Å²) < 4.78 is 13.5. The van der Waals surface area contributed by atoms with Gasteiger partial charge in [-0.15, -0.1) is 0 Å². The maximum atomic E-state index is 13.5. The molecule has 0 atom stereocenters. The lowest BCUT2D eigenvalue weighted by Gasteiger charge is -2.38. The van der Waals surface area contributed by atoms with E-state index >= 15 is 0 Å². The van der Waals surface area contributed by atoms with Crippen LogP contribution >= 0.6 is 0 Å². The van der Waals surface area contributed by atoms with Crippen LogP contribution in [0.15, 0.2) is 30.5 Å². The maximum Gasteiger partial charge on any atom is 0.124 e. The van der Waals surface area contributed by atoms with E-state index in [-0.39, 0.29) is 12.4 Å². The van der Waals surface area contributed by atoms with Crippen molar-refractivity contribution in [3.63, 3.8) is 0 Å². The standard InChI is InChI=1S/C14H15FN2O/c15-13-4-11-2-1-3-16-14(11)12(5-13)8-17-6-10(7-17)9-18/h1-5,10,18H,6-9H2. The van der Waals surface area contributed by atoms with Crippen molar-refractivity contribution < 1.29 is 9.50 Å². The van der Waals surface area contributed by atoms with Gasteiger partial charge in [-0.3, -0.25) is 9.88 Å². The largest absolute Gasteiger partial charge is 0.396 e. The Morgan fingerprint density at radius 1 is 1.39 bits per heavy atom. The molecular weight excluding hydrogens is 231 g/mol. The normalized spacial score (nSPS) is 17.0. The first-order valence-electron chi connectivity index (χ1n) is 6.12. The van der Waals surface area contributed by atoms with Crippen LogP contribution in [0.25, 0.3) is 10.9 Å². The van der Waals surface area contributed by atoms with Gasteiger partial charge < -0.3 is 5.11 Å². The Balaban J connectivity index is 1.87. The van der Waals surface area contributed by atoms with Crippen LogP contribution in [0.5, 0.6) is 0 Å². The summed E-state index contributed by atoms with van der Waals surface area (Å²) in [5.74, 6) is 0.155. The van der Waals surface area contributed by atoms with E-state index in [4.69, 9.17) is 5.11 Å². The van der Waals surface area contributed by atoms with Gasteiger partial charge in [0, 0.05) is 43.7 Å². The number of pyridine rings is 1. The molecule has 1 N–H and O–H groups in total. The van der Waals surface area contributed by atoms with Gasteiger partial charge in [0.05, 0.1) is 5.52 Å². The van der Waals surface area contributed by atoms with E-state index in [9.17, 15) is 4.39 Å². The number of likely N-dealkylation sites (tertiary alicyclic amines) is 1. The van der Waals surface area contributed by atoms with Crippen LogP contribution in [0.1, 0.15) is 5.56 Å². The van der Waals surface area contributed by atoms with Crippen molar-refractivity contribution in [1.29, 1.82) is 0 Å². The number of aliphatic hydroxyl groups excluding tert-OH is 1. The van der Waals surface area contributed by atoms with Crippen LogP contribution in [0.4, 0.5) is 4.39 Å². The molecule has 0 bridgehead atoms. The fourth-order valence-corrected chi connectivity index (χ4v) is 2.51. The lowest BCUT2D eigenvalue weighted by molar-refractivity contribution is 0.0481. The third-order valence-electron chi connectivity index (χ3n) is 3.43. The molecule has 2 heterocycles. The number of benzene rings is 1. The molecule has 0 saturated carbocycles. The molecule has 18 heavy (non-hydrogen) atoms. The molecule has 1 fully saturated rings. The topological polar surface area (TPSA) is 36.4 Å². The lowest BCUT2D eigenvalue weighted by atomic mass is 9.99. The highest BCUT2D eigenvalue weighted by molar-refractivity contribution is 5.81. The summed E-state index contributed by atoms with van der Waals surface area (Å²) in [7, 11) is 0. The van der Waals surface area contributed by atoms with E-state index in [0.29, 0.717) is 12.5 Å². The predicted octanol–water partition coefficient (Wildman–Crippen LogP) is 1.80.